The number of hydrogen-bond donors (Lipinski definition) is 2. The fourth-order valence-corrected chi connectivity index (χ4v) is 2.82. The van der Waals surface area contributed by atoms with Gasteiger partial charge in [-0.05, 0) is 51.3 Å². The lowest BCUT2D eigenvalue weighted by atomic mass is 10.00. The Kier molecular flexibility index (Phi) is 11.6. The van der Waals surface area contributed by atoms with E-state index >= 15 is 0 Å². The van der Waals surface area contributed by atoms with Gasteiger partial charge in [-0.15, -0.1) is 0 Å². The Balaban J connectivity index is 3.50. The minimum absolute atomic E-state index is 0.0114. The van der Waals surface area contributed by atoms with Crippen LogP contribution in [0.15, 0.2) is 18.2 Å². The summed E-state index contributed by atoms with van der Waals surface area (Å²) in [4.78, 5) is 49.7. The largest absolute Gasteiger partial charge is 0.511 e. The second-order valence-corrected chi connectivity index (χ2v) is 10.3. The van der Waals surface area contributed by atoms with Gasteiger partial charge in [-0.3, -0.25) is 14.9 Å². The van der Waals surface area contributed by atoms with Gasteiger partial charge in [0.1, 0.15) is 5.60 Å². The Morgan fingerprint density at radius 1 is 0.892 bits per heavy atom. The summed E-state index contributed by atoms with van der Waals surface area (Å²) in [5.74, 6) is -3.47. The van der Waals surface area contributed by atoms with Crippen molar-refractivity contribution in [1.82, 2.24) is 5.32 Å². The molecule has 0 heterocycles. The summed E-state index contributed by atoms with van der Waals surface area (Å²) in [5, 5.41) is 13.1. The van der Waals surface area contributed by atoms with Crippen molar-refractivity contribution in [3.8, 4) is 11.5 Å². The Bertz CT molecular complexity index is 971. The highest BCUT2D eigenvalue weighted by Crippen LogP contribution is 2.32. The second kappa shape index (κ2) is 13.4. The monoisotopic (exact) mass is 523 g/mol. The number of nitrogens with one attached hydrogen (secondary N) is 1. The number of rotatable bonds is 13. The predicted octanol–water partition coefficient (Wildman–Crippen LogP) is 4.86. The van der Waals surface area contributed by atoms with E-state index in [0.717, 1.165) is 0 Å². The van der Waals surface area contributed by atoms with E-state index < -0.39 is 47.2 Å². The lowest BCUT2D eigenvalue weighted by Crippen LogP contribution is -2.60. The number of carboxylic acids is 1. The van der Waals surface area contributed by atoms with Gasteiger partial charge in [-0.25, -0.2) is 9.59 Å². The molecule has 37 heavy (non-hydrogen) atoms. The molecule has 208 valence electrons. The first-order valence-electron chi connectivity index (χ1n) is 12.5. The summed E-state index contributed by atoms with van der Waals surface area (Å²) in [6.45, 7) is 15.4. The van der Waals surface area contributed by atoms with Crippen LogP contribution < -0.4 is 14.8 Å². The number of hydrogen-bond acceptors (Lipinski definition) is 9. The number of carbonyl (C=O) groups is 4. The number of carboxylic acid groups (broad SMARTS) is 1. The van der Waals surface area contributed by atoms with Crippen LogP contribution in [0.25, 0.3) is 0 Å². The molecule has 0 saturated carbocycles. The molecule has 0 aromatic heterocycles. The van der Waals surface area contributed by atoms with Crippen molar-refractivity contribution >= 4 is 24.1 Å². The lowest BCUT2D eigenvalue weighted by molar-refractivity contribution is -0.169. The summed E-state index contributed by atoms with van der Waals surface area (Å²) >= 11 is 0. The van der Waals surface area contributed by atoms with Gasteiger partial charge >= 0.3 is 24.1 Å². The van der Waals surface area contributed by atoms with E-state index in [0.29, 0.717) is 18.4 Å². The standard InChI is InChI=1S/C27H41NO9/c1-10-18(7)28-27(24(31)32,37-25(33)36-26(8,9)11-2)15-19-12-13-20(34-22(29)16(3)4)21(14-19)35-23(30)17(5)6/h12-14,16-18,28H,10-11,15H2,1-9H3,(H,31,32)/t18?,27-/m0/s1. The van der Waals surface area contributed by atoms with Crippen LogP contribution in [0, 0.1) is 11.8 Å². The van der Waals surface area contributed by atoms with E-state index in [1.165, 1.54) is 18.2 Å². The fraction of sp³-hybridized carbons (Fsp3) is 0.630. The van der Waals surface area contributed by atoms with Crippen molar-refractivity contribution in [3.63, 3.8) is 0 Å². The van der Waals surface area contributed by atoms with Crippen LogP contribution in [-0.4, -0.2) is 46.5 Å². The van der Waals surface area contributed by atoms with E-state index in [1.54, 1.807) is 48.5 Å². The molecular formula is C27H41NO9. The minimum atomic E-state index is -2.19. The van der Waals surface area contributed by atoms with Gasteiger partial charge in [0.2, 0.25) is 0 Å². The van der Waals surface area contributed by atoms with Gasteiger partial charge in [0.05, 0.1) is 11.8 Å². The van der Waals surface area contributed by atoms with Crippen LogP contribution in [0.3, 0.4) is 0 Å². The smallest absolute Gasteiger partial charge is 0.477 e. The third-order valence-corrected chi connectivity index (χ3v) is 5.73. The van der Waals surface area contributed by atoms with Gasteiger partial charge in [-0.2, -0.15) is 0 Å². The molecule has 1 unspecified atom stereocenters. The van der Waals surface area contributed by atoms with Crippen LogP contribution in [0.1, 0.15) is 80.7 Å². The minimum Gasteiger partial charge on any atom is -0.477 e. The zero-order valence-electron chi connectivity index (χ0n) is 23.3. The maximum atomic E-state index is 12.6. The molecule has 1 aromatic rings. The highest BCUT2D eigenvalue weighted by atomic mass is 16.8. The zero-order chi connectivity index (χ0) is 28.6. The van der Waals surface area contributed by atoms with Crippen molar-refractivity contribution < 1.29 is 43.2 Å². The van der Waals surface area contributed by atoms with E-state index in [4.69, 9.17) is 18.9 Å². The van der Waals surface area contributed by atoms with Crippen LogP contribution in [0.5, 0.6) is 11.5 Å². The van der Waals surface area contributed by atoms with Crippen LogP contribution >= 0.6 is 0 Å². The number of aliphatic carboxylic acids is 1. The first-order chi connectivity index (χ1) is 17.1. The van der Waals surface area contributed by atoms with Crippen molar-refractivity contribution in [2.75, 3.05) is 0 Å². The summed E-state index contributed by atoms with van der Waals surface area (Å²) in [6, 6.07) is 3.97. The zero-order valence-corrected chi connectivity index (χ0v) is 23.3. The molecule has 0 bridgehead atoms. The number of benzene rings is 1. The Morgan fingerprint density at radius 2 is 1.43 bits per heavy atom. The first kappa shape index (κ1) is 31.9. The molecule has 10 nitrogen and oxygen atoms in total. The van der Waals surface area contributed by atoms with Crippen LogP contribution in [-0.2, 0) is 30.3 Å². The molecule has 2 N–H and O–H groups in total. The Labute approximate surface area is 219 Å². The van der Waals surface area contributed by atoms with Crippen molar-refractivity contribution in [3.05, 3.63) is 23.8 Å². The molecule has 2 atom stereocenters. The molecule has 0 amide bonds. The molecule has 1 rings (SSSR count). The van der Waals surface area contributed by atoms with Crippen molar-refractivity contribution in [2.45, 2.75) is 98.9 Å². The van der Waals surface area contributed by atoms with Crippen LogP contribution in [0.2, 0.25) is 0 Å². The summed E-state index contributed by atoms with van der Waals surface area (Å²) in [6.07, 6.45) is -0.435. The quantitative estimate of drug-likeness (QED) is 0.209. The van der Waals surface area contributed by atoms with Gasteiger partial charge < -0.3 is 24.1 Å². The first-order valence-corrected chi connectivity index (χ1v) is 12.5. The average Bonchev–Trinajstić information content (AvgIpc) is 2.79. The molecule has 0 aliphatic carbocycles. The summed E-state index contributed by atoms with van der Waals surface area (Å²) in [5.41, 5.74) is -2.71. The summed E-state index contributed by atoms with van der Waals surface area (Å²) in [7, 11) is 0. The van der Waals surface area contributed by atoms with Gasteiger partial charge in [-0.1, -0.05) is 47.6 Å². The summed E-state index contributed by atoms with van der Waals surface area (Å²) < 4.78 is 21.6. The number of esters is 2. The van der Waals surface area contributed by atoms with Gasteiger partial charge in [0.25, 0.3) is 5.72 Å². The molecule has 0 radical (unpaired) electrons. The molecule has 10 heteroatoms. The van der Waals surface area contributed by atoms with Gasteiger partial charge in [0, 0.05) is 12.5 Å². The SMILES string of the molecule is CCC(C)N[C@@](Cc1ccc(OC(=O)C(C)C)c(OC(=O)C(C)C)c1)(OC(=O)OC(C)(C)CC)C(=O)O. The maximum Gasteiger partial charge on any atom is 0.511 e. The predicted molar refractivity (Wildman–Crippen MR) is 136 cm³/mol. The maximum absolute atomic E-state index is 12.6. The highest BCUT2D eigenvalue weighted by molar-refractivity contribution is 5.81. The van der Waals surface area contributed by atoms with E-state index in [-0.39, 0.29) is 24.0 Å². The molecule has 0 spiro atoms. The van der Waals surface area contributed by atoms with E-state index in [1.807, 2.05) is 13.8 Å². The molecule has 0 fully saturated rings. The molecule has 0 aliphatic rings. The molecule has 0 aliphatic heterocycles. The average molecular weight is 524 g/mol. The number of ether oxygens (including phenoxy) is 4. The molecule has 1 aromatic carbocycles. The topological polar surface area (TPSA) is 137 Å². The molecular weight excluding hydrogens is 482 g/mol. The van der Waals surface area contributed by atoms with Gasteiger partial charge in [0.15, 0.2) is 11.5 Å². The third-order valence-electron chi connectivity index (χ3n) is 5.73. The molecule has 0 saturated heterocycles. The van der Waals surface area contributed by atoms with Crippen LogP contribution in [0.4, 0.5) is 4.79 Å². The Morgan fingerprint density at radius 3 is 1.89 bits per heavy atom. The van der Waals surface area contributed by atoms with E-state index in [2.05, 4.69) is 5.32 Å². The van der Waals surface area contributed by atoms with Crippen molar-refractivity contribution in [2.24, 2.45) is 11.8 Å². The lowest BCUT2D eigenvalue weighted by Gasteiger charge is -2.34. The van der Waals surface area contributed by atoms with E-state index in [9.17, 15) is 24.3 Å². The Hall–Kier alpha value is -3.14. The number of carbonyl (C=O) groups excluding carboxylic acids is 3. The second-order valence-electron chi connectivity index (χ2n) is 10.3. The fourth-order valence-electron chi connectivity index (χ4n) is 2.82. The van der Waals surface area contributed by atoms with Crippen molar-refractivity contribution in [1.29, 1.82) is 0 Å². The highest BCUT2D eigenvalue weighted by Gasteiger charge is 2.45. The third kappa shape index (κ3) is 9.68. The normalized spacial score (nSPS) is 14.0.